The third kappa shape index (κ3) is 3.68. The van der Waals surface area contributed by atoms with E-state index in [2.05, 4.69) is 0 Å². The highest BCUT2D eigenvalue weighted by Gasteiger charge is 2.19. The normalized spacial score (nSPS) is 25.6. The second kappa shape index (κ2) is 5.83. The number of halogens is 2. The van der Waals surface area contributed by atoms with Gasteiger partial charge in [0, 0.05) is 11.1 Å². The smallest absolute Gasteiger partial charge is 0.127 e. The van der Waals surface area contributed by atoms with Crippen LogP contribution >= 0.6 is 11.6 Å². The van der Waals surface area contributed by atoms with Crippen molar-refractivity contribution in [2.24, 2.45) is 11.7 Å². The molecule has 2 N–H and O–H groups in total. The monoisotopic (exact) mass is 255 g/mol. The van der Waals surface area contributed by atoms with E-state index >= 15 is 0 Å². The van der Waals surface area contributed by atoms with Gasteiger partial charge in [0.25, 0.3) is 0 Å². The molecule has 0 saturated heterocycles. The first-order chi connectivity index (χ1) is 8.15. The summed E-state index contributed by atoms with van der Waals surface area (Å²) in [6.45, 7) is 0. The molecule has 0 aliphatic heterocycles. The molecule has 0 heterocycles. The molecular formula is C14H19ClFN. The fourth-order valence-corrected chi connectivity index (χ4v) is 2.85. The van der Waals surface area contributed by atoms with Crippen molar-refractivity contribution < 1.29 is 4.39 Å². The Morgan fingerprint density at radius 3 is 2.82 bits per heavy atom. The van der Waals surface area contributed by atoms with Crippen molar-refractivity contribution in [1.82, 2.24) is 0 Å². The molecule has 0 bridgehead atoms. The molecule has 17 heavy (non-hydrogen) atoms. The van der Waals surface area contributed by atoms with Gasteiger partial charge < -0.3 is 5.73 Å². The quantitative estimate of drug-likeness (QED) is 0.797. The minimum absolute atomic E-state index is 0.185. The molecule has 1 fully saturated rings. The highest BCUT2D eigenvalue weighted by atomic mass is 35.5. The van der Waals surface area contributed by atoms with E-state index in [0.29, 0.717) is 10.9 Å². The topological polar surface area (TPSA) is 26.0 Å². The Morgan fingerprint density at radius 1 is 1.29 bits per heavy atom. The van der Waals surface area contributed by atoms with Crippen LogP contribution in [0.2, 0.25) is 5.02 Å². The summed E-state index contributed by atoms with van der Waals surface area (Å²) in [7, 11) is 0. The average Bonchev–Trinajstić information content (AvgIpc) is 2.47. The van der Waals surface area contributed by atoms with Crippen LogP contribution in [0, 0.1) is 11.7 Å². The zero-order valence-electron chi connectivity index (χ0n) is 9.96. The van der Waals surface area contributed by atoms with Crippen molar-refractivity contribution in [3.05, 3.63) is 34.6 Å². The van der Waals surface area contributed by atoms with Crippen molar-refractivity contribution in [3.63, 3.8) is 0 Å². The minimum atomic E-state index is -0.185. The lowest BCUT2D eigenvalue weighted by molar-refractivity contribution is 0.423. The van der Waals surface area contributed by atoms with E-state index in [9.17, 15) is 4.39 Å². The maximum Gasteiger partial charge on any atom is 0.127 e. The van der Waals surface area contributed by atoms with Crippen LogP contribution in [0.1, 0.15) is 37.7 Å². The number of hydrogen-bond donors (Lipinski definition) is 1. The molecule has 1 nitrogen and oxygen atoms in total. The van der Waals surface area contributed by atoms with E-state index < -0.39 is 0 Å². The van der Waals surface area contributed by atoms with Crippen LogP contribution in [0.3, 0.4) is 0 Å². The summed E-state index contributed by atoms with van der Waals surface area (Å²) in [6, 6.07) is 5.25. The van der Waals surface area contributed by atoms with E-state index in [1.54, 1.807) is 12.1 Å². The van der Waals surface area contributed by atoms with Gasteiger partial charge in [-0.1, -0.05) is 36.9 Å². The molecule has 1 aliphatic carbocycles. The van der Waals surface area contributed by atoms with E-state index in [1.165, 1.54) is 18.9 Å². The largest absolute Gasteiger partial charge is 0.328 e. The zero-order chi connectivity index (χ0) is 12.3. The zero-order valence-corrected chi connectivity index (χ0v) is 10.7. The van der Waals surface area contributed by atoms with E-state index in [-0.39, 0.29) is 11.9 Å². The maximum absolute atomic E-state index is 13.7. The van der Waals surface area contributed by atoms with Gasteiger partial charge in [-0.25, -0.2) is 4.39 Å². The van der Waals surface area contributed by atoms with Gasteiger partial charge >= 0.3 is 0 Å². The average molecular weight is 256 g/mol. The van der Waals surface area contributed by atoms with Gasteiger partial charge in [0.1, 0.15) is 5.82 Å². The molecule has 0 radical (unpaired) electrons. The first-order valence-corrected chi connectivity index (χ1v) is 6.72. The van der Waals surface area contributed by atoms with Crippen molar-refractivity contribution >= 4 is 11.6 Å². The molecule has 2 rings (SSSR count). The molecule has 0 spiro atoms. The lowest BCUT2D eigenvalue weighted by Gasteiger charge is -2.17. The van der Waals surface area contributed by atoms with Crippen LogP contribution in [0.4, 0.5) is 4.39 Å². The lowest BCUT2D eigenvalue weighted by atomic mass is 9.91. The molecule has 0 amide bonds. The van der Waals surface area contributed by atoms with Gasteiger partial charge in [0.2, 0.25) is 0 Å². The van der Waals surface area contributed by atoms with Gasteiger partial charge in [0.15, 0.2) is 0 Å². The molecule has 3 heteroatoms. The van der Waals surface area contributed by atoms with E-state index in [4.69, 9.17) is 17.3 Å². The molecular weight excluding hydrogens is 237 g/mol. The highest BCUT2D eigenvalue weighted by molar-refractivity contribution is 6.30. The third-order valence-corrected chi connectivity index (χ3v) is 3.83. The molecule has 2 unspecified atom stereocenters. The van der Waals surface area contributed by atoms with Gasteiger partial charge in [-0.05, 0) is 42.9 Å². The van der Waals surface area contributed by atoms with Crippen LogP contribution in [0.5, 0.6) is 0 Å². The van der Waals surface area contributed by atoms with Gasteiger partial charge in [-0.15, -0.1) is 0 Å². The standard InChI is InChI=1S/C14H19ClFN/c15-12-6-5-11(14(16)9-12)7-10-3-1-2-4-13(17)8-10/h5-6,9-10,13H,1-4,7-8,17H2. The number of hydrogen-bond acceptors (Lipinski definition) is 1. The Kier molecular flexibility index (Phi) is 4.41. The van der Waals surface area contributed by atoms with Crippen LogP contribution in [0.15, 0.2) is 18.2 Å². The van der Waals surface area contributed by atoms with Crippen LogP contribution in [-0.4, -0.2) is 6.04 Å². The fourth-order valence-electron chi connectivity index (χ4n) is 2.69. The Morgan fingerprint density at radius 2 is 2.06 bits per heavy atom. The molecule has 0 aromatic heterocycles. The Balaban J connectivity index is 2.03. The second-order valence-electron chi connectivity index (χ2n) is 5.09. The van der Waals surface area contributed by atoms with Crippen LogP contribution < -0.4 is 5.73 Å². The summed E-state index contributed by atoms with van der Waals surface area (Å²) in [5, 5.41) is 0.462. The molecule has 1 saturated carbocycles. The van der Waals surface area contributed by atoms with E-state index in [0.717, 1.165) is 31.2 Å². The lowest BCUT2D eigenvalue weighted by Crippen LogP contribution is -2.22. The Bertz CT molecular complexity index is 380. The molecule has 1 aromatic rings. The highest BCUT2D eigenvalue weighted by Crippen LogP contribution is 2.27. The minimum Gasteiger partial charge on any atom is -0.328 e. The summed E-state index contributed by atoms with van der Waals surface area (Å²) in [4.78, 5) is 0. The maximum atomic E-state index is 13.7. The summed E-state index contributed by atoms with van der Waals surface area (Å²) in [5.74, 6) is 0.332. The van der Waals surface area contributed by atoms with Crippen molar-refractivity contribution in [3.8, 4) is 0 Å². The number of rotatable bonds is 2. The third-order valence-electron chi connectivity index (χ3n) is 3.60. The predicted octanol–water partition coefficient (Wildman–Crippen LogP) is 3.93. The van der Waals surface area contributed by atoms with Crippen molar-refractivity contribution in [2.75, 3.05) is 0 Å². The van der Waals surface area contributed by atoms with E-state index in [1.807, 2.05) is 0 Å². The van der Waals surface area contributed by atoms with Crippen LogP contribution in [-0.2, 0) is 6.42 Å². The summed E-state index contributed by atoms with van der Waals surface area (Å²) < 4.78 is 13.7. The van der Waals surface area contributed by atoms with Gasteiger partial charge in [-0.3, -0.25) is 0 Å². The summed E-state index contributed by atoms with van der Waals surface area (Å²) >= 11 is 5.75. The first kappa shape index (κ1) is 12.8. The molecule has 2 atom stereocenters. The molecule has 94 valence electrons. The number of benzene rings is 1. The van der Waals surface area contributed by atoms with Gasteiger partial charge in [-0.2, -0.15) is 0 Å². The number of nitrogens with two attached hydrogens (primary N) is 1. The second-order valence-corrected chi connectivity index (χ2v) is 5.52. The Hall–Kier alpha value is -0.600. The Labute approximate surface area is 107 Å². The molecule has 1 aliphatic rings. The van der Waals surface area contributed by atoms with Crippen molar-refractivity contribution in [1.29, 1.82) is 0 Å². The molecule has 1 aromatic carbocycles. The fraction of sp³-hybridized carbons (Fsp3) is 0.571. The summed E-state index contributed by atoms with van der Waals surface area (Å²) in [6.07, 6.45) is 6.50. The van der Waals surface area contributed by atoms with Crippen LogP contribution in [0.25, 0.3) is 0 Å². The first-order valence-electron chi connectivity index (χ1n) is 6.34. The van der Waals surface area contributed by atoms with Crippen molar-refractivity contribution in [2.45, 2.75) is 44.6 Å². The predicted molar refractivity (Wildman–Crippen MR) is 69.7 cm³/mol. The SMILES string of the molecule is NC1CCCCC(Cc2ccc(Cl)cc2F)C1. The summed E-state index contributed by atoms with van der Waals surface area (Å²) in [5.41, 5.74) is 6.80. The van der Waals surface area contributed by atoms with Gasteiger partial charge in [0.05, 0.1) is 0 Å².